The van der Waals surface area contributed by atoms with Crippen molar-refractivity contribution >= 4 is 34.1 Å². The van der Waals surface area contributed by atoms with E-state index in [0.717, 1.165) is 22.3 Å². The molecule has 0 spiro atoms. The number of hydrogen-bond donors (Lipinski definition) is 0. The molecule has 0 saturated carbocycles. The fourth-order valence-corrected chi connectivity index (χ4v) is 3.68. The third-order valence-electron chi connectivity index (χ3n) is 4.07. The van der Waals surface area contributed by atoms with Crippen LogP contribution >= 0.6 is 11.8 Å². The van der Waals surface area contributed by atoms with Crippen LogP contribution in [-0.2, 0) is 0 Å². The average Bonchev–Trinajstić information content (AvgIpc) is 3.08. The van der Waals surface area contributed by atoms with Gasteiger partial charge in [-0.3, -0.25) is 4.79 Å². The number of rotatable bonds is 6. The van der Waals surface area contributed by atoms with Crippen LogP contribution in [0.15, 0.2) is 53.7 Å². The maximum Gasteiger partial charge on any atom is 0.192 e. The van der Waals surface area contributed by atoms with Gasteiger partial charge in [-0.05, 0) is 50.2 Å². The van der Waals surface area contributed by atoms with E-state index >= 15 is 0 Å². The Hall–Kier alpha value is -2.93. The van der Waals surface area contributed by atoms with Gasteiger partial charge in [0, 0.05) is 10.9 Å². The highest BCUT2D eigenvalue weighted by atomic mass is 32.2. The van der Waals surface area contributed by atoms with Crippen LogP contribution in [0, 0.1) is 6.92 Å². The molecular formula is C20H18N4O2S. The number of carbonyl (C=O) groups excluding carboxylic acids is 1. The van der Waals surface area contributed by atoms with Crippen molar-refractivity contribution in [2.75, 3.05) is 12.4 Å². The van der Waals surface area contributed by atoms with Crippen molar-refractivity contribution < 1.29 is 9.53 Å². The first kappa shape index (κ1) is 17.5. The Morgan fingerprint density at radius 3 is 2.67 bits per heavy atom. The number of hydrogen-bond acceptors (Lipinski definition) is 6. The second-order valence-electron chi connectivity index (χ2n) is 5.98. The van der Waals surface area contributed by atoms with Gasteiger partial charge >= 0.3 is 0 Å². The van der Waals surface area contributed by atoms with Crippen molar-refractivity contribution in [1.29, 1.82) is 0 Å². The number of benzene rings is 2. The topological polar surface area (TPSA) is 69.4 Å². The van der Waals surface area contributed by atoms with E-state index in [0.29, 0.717) is 23.2 Å². The van der Waals surface area contributed by atoms with Gasteiger partial charge in [0.2, 0.25) is 0 Å². The Morgan fingerprint density at radius 2 is 1.89 bits per heavy atom. The Morgan fingerprint density at radius 1 is 1.11 bits per heavy atom. The summed E-state index contributed by atoms with van der Waals surface area (Å²) in [5.74, 6) is 1.74. The predicted molar refractivity (Wildman–Crippen MR) is 106 cm³/mol. The lowest BCUT2D eigenvalue weighted by Crippen LogP contribution is -2.05. The molecule has 136 valence electrons. The smallest absolute Gasteiger partial charge is 0.192 e. The summed E-state index contributed by atoms with van der Waals surface area (Å²) in [6.45, 7) is 4.38. The lowest BCUT2D eigenvalue weighted by molar-refractivity contribution is 0.102. The number of fused-ring (bicyclic) bond motifs is 3. The number of aryl methyl sites for hydroxylation is 1. The summed E-state index contributed by atoms with van der Waals surface area (Å²) < 4.78 is 7.13. The van der Waals surface area contributed by atoms with E-state index in [-0.39, 0.29) is 11.5 Å². The van der Waals surface area contributed by atoms with Gasteiger partial charge in [-0.1, -0.05) is 23.9 Å². The quantitative estimate of drug-likeness (QED) is 0.287. The summed E-state index contributed by atoms with van der Waals surface area (Å²) in [7, 11) is 0. The van der Waals surface area contributed by atoms with Crippen LogP contribution in [0.2, 0.25) is 0 Å². The van der Waals surface area contributed by atoms with Gasteiger partial charge in [0.15, 0.2) is 16.6 Å². The van der Waals surface area contributed by atoms with E-state index < -0.39 is 0 Å². The molecule has 4 aromatic rings. The molecule has 2 aromatic heterocycles. The van der Waals surface area contributed by atoms with Crippen LogP contribution in [0.1, 0.15) is 23.1 Å². The lowest BCUT2D eigenvalue weighted by Gasteiger charge is -2.07. The summed E-state index contributed by atoms with van der Waals surface area (Å²) in [6, 6.07) is 15.0. The van der Waals surface area contributed by atoms with E-state index in [2.05, 4.69) is 15.1 Å². The van der Waals surface area contributed by atoms with Gasteiger partial charge in [-0.25, -0.2) is 9.97 Å². The summed E-state index contributed by atoms with van der Waals surface area (Å²) >= 11 is 1.36. The Balaban J connectivity index is 1.60. The number of aromatic nitrogens is 4. The molecule has 7 heteroatoms. The van der Waals surface area contributed by atoms with Gasteiger partial charge in [-0.15, -0.1) is 5.10 Å². The molecule has 0 N–H and O–H groups in total. The number of carbonyl (C=O) groups is 1. The second-order valence-corrected chi connectivity index (χ2v) is 6.92. The van der Waals surface area contributed by atoms with Crippen molar-refractivity contribution in [3.63, 3.8) is 0 Å². The molecular weight excluding hydrogens is 360 g/mol. The normalized spacial score (nSPS) is 11.2. The zero-order chi connectivity index (χ0) is 18.8. The van der Waals surface area contributed by atoms with Crippen LogP contribution in [0.3, 0.4) is 0 Å². The largest absolute Gasteiger partial charge is 0.494 e. The molecule has 2 aromatic carbocycles. The molecule has 27 heavy (non-hydrogen) atoms. The van der Waals surface area contributed by atoms with Crippen molar-refractivity contribution in [3.05, 3.63) is 59.9 Å². The van der Waals surface area contributed by atoms with Gasteiger partial charge in [0.05, 0.1) is 17.9 Å². The Bertz CT molecular complexity index is 1120. The Kier molecular flexibility index (Phi) is 4.77. The number of para-hydroxylation sites is 1. The summed E-state index contributed by atoms with van der Waals surface area (Å²) in [6.07, 6.45) is 0. The lowest BCUT2D eigenvalue weighted by atomic mass is 10.1. The molecule has 0 aliphatic heterocycles. The molecule has 0 unspecified atom stereocenters. The van der Waals surface area contributed by atoms with Crippen molar-refractivity contribution in [1.82, 2.24) is 19.6 Å². The summed E-state index contributed by atoms with van der Waals surface area (Å²) in [5, 5.41) is 6.04. The van der Waals surface area contributed by atoms with Crippen molar-refractivity contribution in [3.8, 4) is 5.75 Å². The summed E-state index contributed by atoms with van der Waals surface area (Å²) in [5.41, 5.74) is 2.25. The monoisotopic (exact) mass is 378 g/mol. The minimum atomic E-state index is 0.0306. The molecule has 0 bridgehead atoms. The third kappa shape index (κ3) is 3.50. The average molecular weight is 378 g/mol. The fourth-order valence-electron chi connectivity index (χ4n) is 2.84. The number of ether oxygens (including phenoxy) is 1. The number of ketones is 1. The van der Waals surface area contributed by atoms with Crippen LogP contribution in [0.5, 0.6) is 5.75 Å². The van der Waals surface area contributed by atoms with Crippen LogP contribution in [0.4, 0.5) is 0 Å². The van der Waals surface area contributed by atoms with Crippen LogP contribution in [0.25, 0.3) is 16.6 Å². The van der Waals surface area contributed by atoms with E-state index in [1.54, 1.807) is 16.6 Å². The Labute approximate surface area is 160 Å². The maximum atomic E-state index is 12.6. The fraction of sp³-hybridized carbons (Fsp3) is 0.200. The standard InChI is InChI=1S/C20H18N4O2S/c1-3-26-15-10-8-14(9-11-15)18(25)12-27-20-22-17-7-5-4-6-16(17)19-21-13(2)23-24(19)20/h4-11H,3,12H2,1-2H3. The molecule has 0 saturated heterocycles. The molecule has 2 heterocycles. The molecule has 6 nitrogen and oxygen atoms in total. The zero-order valence-corrected chi connectivity index (χ0v) is 15.9. The first-order chi connectivity index (χ1) is 13.2. The molecule has 0 radical (unpaired) electrons. The van der Waals surface area contributed by atoms with Gasteiger partial charge in [-0.2, -0.15) is 4.52 Å². The van der Waals surface area contributed by atoms with E-state index in [1.807, 2.05) is 50.2 Å². The highest BCUT2D eigenvalue weighted by Gasteiger charge is 2.14. The van der Waals surface area contributed by atoms with Crippen molar-refractivity contribution in [2.45, 2.75) is 19.0 Å². The molecule has 0 fully saturated rings. The maximum absolute atomic E-state index is 12.6. The van der Waals surface area contributed by atoms with Crippen LogP contribution < -0.4 is 4.74 Å². The highest BCUT2D eigenvalue weighted by molar-refractivity contribution is 7.99. The van der Waals surface area contributed by atoms with E-state index in [4.69, 9.17) is 4.74 Å². The minimum Gasteiger partial charge on any atom is -0.494 e. The molecule has 0 aliphatic rings. The van der Waals surface area contributed by atoms with Gasteiger partial charge in [0.1, 0.15) is 11.6 Å². The molecule has 0 aliphatic carbocycles. The highest BCUT2D eigenvalue weighted by Crippen LogP contribution is 2.24. The third-order valence-corrected chi connectivity index (χ3v) is 5.00. The van der Waals surface area contributed by atoms with E-state index in [9.17, 15) is 4.79 Å². The second kappa shape index (κ2) is 7.36. The predicted octanol–water partition coefficient (Wildman–Crippen LogP) is 3.96. The number of Topliss-reactive ketones (excluding diaryl/α,β-unsaturated/α-hetero) is 1. The van der Waals surface area contributed by atoms with Gasteiger partial charge < -0.3 is 4.74 Å². The van der Waals surface area contributed by atoms with E-state index in [1.165, 1.54) is 11.8 Å². The van der Waals surface area contributed by atoms with Gasteiger partial charge in [0.25, 0.3) is 0 Å². The number of nitrogens with zero attached hydrogens (tertiary/aromatic N) is 4. The van der Waals surface area contributed by atoms with Crippen LogP contribution in [-0.4, -0.2) is 37.7 Å². The molecule has 4 rings (SSSR count). The first-order valence-corrected chi connectivity index (χ1v) is 9.65. The SMILES string of the molecule is CCOc1ccc(C(=O)CSc2nc3ccccc3c3nc(C)nn23)cc1. The number of thioether (sulfide) groups is 1. The minimum absolute atomic E-state index is 0.0306. The van der Waals surface area contributed by atoms with Crippen molar-refractivity contribution in [2.24, 2.45) is 0 Å². The zero-order valence-electron chi connectivity index (χ0n) is 15.0. The summed E-state index contributed by atoms with van der Waals surface area (Å²) in [4.78, 5) is 21.7. The first-order valence-electron chi connectivity index (χ1n) is 8.66. The molecule has 0 amide bonds. The molecule has 0 atom stereocenters.